The van der Waals surface area contributed by atoms with Gasteiger partial charge in [-0.25, -0.2) is 0 Å². The Morgan fingerprint density at radius 1 is 1.31 bits per heavy atom. The molecule has 4 N–H and O–H groups in total. The number of hydrogen-bond donors (Lipinski definition) is 3. The molecule has 0 radical (unpaired) electrons. The number of morpholine rings is 1. The molecule has 1 saturated heterocycles. The quantitative estimate of drug-likeness (QED) is 0.537. The van der Waals surface area contributed by atoms with Gasteiger partial charge in [0.15, 0.2) is 11.8 Å². The Bertz CT molecular complexity index is 788. The summed E-state index contributed by atoms with van der Waals surface area (Å²) < 4.78 is 35.3. The first kappa shape index (κ1) is 20.9. The van der Waals surface area contributed by atoms with Crippen molar-refractivity contribution in [2.24, 2.45) is 5.73 Å². The molecule has 1 aliphatic heterocycles. The Balaban J connectivity index is 1.78. The molecule has 1 aliphatic carbocycles. The maximum absolute atomic E-state index is 12.9. The van der Waals surface area contributed by atoms with Gasteiger partial charge < -0.3 is 25.4 Å². The van der Waals surface area contributed by atoms with Gasteiger partial charge in [0.25, 0.3) is 11.8 Å². The molecule has 0 aromatic heterocycles. The fourth-order valence-corrected chi connectivity index (χ4v) is 3.09. The molecule has 0 spiro atoms. The summed E-state index contributed by atoms with van der Waals surface area (Å²) in [5.41, 5.74) is 5.57. The van der Waals surface area contributed by atoms with Gasteiger partial charge >= 0.3 is 6.61 Å². The number of anilines is 2. The molecule has 3 amide bonds. The number of alkyl halides is 2. The summed E-state index contributed by atoms with van der Waals surface area (Å²) in [5, 5.41) is 5.36. The van der Waals surface area contributed by atoms with Crippen molar-refractivity contribution in [2.75, 3.05) is 30.0 Å². The van der Waals surface area contributed by atoms with Gasteiger partial charge in [-0.05, 0) is 25.0 Å². The second-order valence-electron chi connectivity index (χ2n) is 6.78. The summed E-state index contributed by atoms with van der Waals surface area (Å²) >= 11 is 0. The number of carbonyl (C=O) groups excluding carboxylic acids is 3. The van der Waals surface area contributed by atoms with Crippen LogP contribution in [0.1, 0.15) is 19.3 Å². The van der Waals surface area contributed by atoms with Crippen LogP contribution in [-0.2, 0) is 19.1 Å². The number of nitrogens with two attached hydrogens (primary N) is 1. The Kier molecular flexibility index (Phi) is 6.60. The number of ether oxygens (including phenoxy) is 2. The monoisotopic (exact) mass is 412 g/mol. The molecule has 158 valence electrons. The average molecular weight is 412 g/mol. The van der Waals surface area contributed by atoms with Crippen molar-refractivity contribution < 1.29 is 32.6 Å². The van der Waals surface area contributed by atoms with E-state index in [2.05, 4.69) is 15.4 Å². The lowest BCUT2D eigenvalue weighted by atomic mass is 9.92. The van der Waals surface area contributed by atoms with E-state index < -0.39 is 30.4 Å². The third-order valence-electron chi connectivity index (χ3n) is 4.77. The molecule has 2 fully saturated rings. The molecule has 1 saturated carbocycles. The van der Waals surface area contributed by atoms with Crippen molar-refractivity contribution in [1.82, 2.24) is 5.32 Å². The van der Waals surface area contributed by atoms with Crippen LogP contribution >= 0.6 is 0 Å². The largest absolute Gasteiger partial charge is 0.433 e. The molecular formula is C18H22F2N4O5. The van der Waals surface area contributed by atoms with E-state index in [1.807, 2.05) is 0 Å². The highest BCUT2D eigenvalue weighted by atomic mass is 19.3. The van der Waals surface area contributed by atoms with E-state index in [0.29, 0.717) is 0 Å². The zero-order valence-corrected chi connectivity index (χ0v) is 15.5. The minimum Gasteiger partial charge on any atom is -0.433 e. The molecule has 1 aromatic rings. The summed E-state index contributed by atoms with van der Waals surface area (Å²) in [6, 6.07) is 2.76. The minimum atomic E-state index is -3.13. The normalized spacial score (nSPS) is 18.3. The first-order chi connectivity index (χ1) is 13.8. The molecule has 0 bridgehead atoms. The van der Waals surface area contributed by atoms with Crippen LogP contribution in [0.4, 0.5) is 20.2 Å². The van der Waals surface area contributed by atoms with Crippen molar-refractivity contribution in [3.63, 3.8) is 0 Å². The summed E-state index contributed by atoms with van der Waals surface area (Å²) in [6.07, 6.45) is 2.68. The minimum absolute atomic E-state index is 0.0330. The van der Waals surface area contributed by atoms with Crippen LogP contribution in [0.5, 0.6) is 5.75 Å². The van der Waals surface area contributed by atoms with Gasteiger partial charge in [-0.2, -0.15) is 8.78 Å². The van der Waals surface area contributed by atoms with Crippen LogP contribution in [-0.4, -0.2) is 56.2 Å². The molecule has 1 aromatic carbocycles. The van der Waals surface area contributed by atoms with Crippen LogP contribution in [0.3, 0.4) is 0 Å². The van der Waals surface area contributed by atoms with Gasteiger partial charge in [0.1, 0.15) is 6.61 Å². The zero-order chi connectivity index (χ0) is 21.0. The van der Waals surface area contributed by atoms with Gasteiger partial charge in [0.2, 0.25) is 5.91 Å². The average Bonchev–Trinajstić information content (AvgIpc) is 2.61. The van der Waals surface area contributed by atoms with E-state index in [0.717, 1.165) is 19.3 Å². The van der Waals surface area contributed by atoms with Gasteiger partial charge in [0.05, 0.1) is 12.3 Å². The zero-order valence-electron chi connectivity index (χ0n) is 15.5. The van der Waals surface area contributed by atoms with E-state index >= 15 is 0 Å². The highest BCUT2D eigenvalue weighted by molar-refractivity contribution is 6.09. The second-order valence-corrected chi connectivity index (χ2v) is 6.78. The fraction of sp³-hybridized carbons (Fsp3) is 0.500. The lowest BCUT2D eigenvalue weighted by Crippen LogP contribution is -2.54. The van der Waals surface area contributed by atoms with E-state index in [4.69, 9.17) is 10.5 Å². The van der Waals surface area contributed by atoms with Crippen LogP contribution < -0.4 is 26.0 Å². The number of benzene rings is 1. The maximum atomic E-state index is 12.9. The predicted molar refractivity (Wildman–Crippen MR) is 98.6 cm³/mol. The van der Waals surface area contributed by atoms with Crippen LogP contribution in [0.15, 0.2) is 18.2 Å². The number of nitrogens with one attached hydrogen (secondary N) is 2. The SMILES string of the molecule is NC(=O)[C@@H](NC1CCC1)C(=O)Nc1ccc(N2CCOCC2=O)c(OC(F)F)c1. The van der Waals surface area contributed by atoms with Crippen molar-refractivity contribution in [3.05, 3.63) is 18.2 Å². The topological polar surface area (TPSA) is 123 Å². The Morgan fingerprint density at radius 2 is 2.07 bits per heavy atom. The summed E-state index contributed by atoms with van der Waals surface area (Å²) in [4.78, 5) is 37.4. The van der Waals surface area contributed by atoms with Gasteiger partial charge in [-0.3, -0.25) is 19.7 Å². The number of carbonyl (C=O) groups is 3. The Labute approximate surface area is 165 Å². The lowest BCUT2D eigenvalue weighted by molar-refractivity contribution is -0.128. The molecule has 29 heavy (non-hydrogen) atoms. The van der Waals surface area contributed by atoms with Crippen molar-refractivity contribution in [2.45, 2.75) is 38.0 Å². The smallest absolute Gasteiger partial charge is 0.387 e. The molecule has 2 aliphatic rings. The van der Waals surface area contributed by atoms with Crippen LogP contribution in [0.2, 0.25) is 0 Å². The molecular weight excluding hydrogens is 390 g/mol. The third kappa shape index (κ3) is 5.18. The summed E-state index contributed by atoms with van der Waals surface area (Å²) in [6.45, 7) is -2.86. The Morgan fingerprint density at radius 3 is 2.66 bits per heavy atom. The number of hydrogen-bond acceptors (Lipinski definition) is 6. The molecule has 1 heterocycles. The summed E-state index contributed by atoms with van der Waals surface area (Å²) in [5.74, 6) is -2.22. The van der Waals surface area contributed by atoms with Crippen LogP contribution in [0, 0.1) is 0 Å². The molecule has 9 nitrogen and oxygen atoms in total. The van der Waals surface area contributed by atoms with Gasteiger partial charge in [0, 0.05) is 24.3 Å². The van der Waals surface area contributed by atoms with E-state index in [1.165, 1.54) is 23.1 Å². The summed E-state index contributed by atoms with van der Waals surface area (Å²) in [7, 11) is 0. The first-order valence-electron chi connectivity index (χ1n) is 9.18. The molecule has 1 atom stereocenters. The number of halogens is 2. The van der Waals surface area contributed by atoms with E-state index in [1.54, 1.807) is 0 Å². The lowest BCUT2D eigenvalue weighted by Gasteiger charge is -2.30. The highest BCUT2D eigenvalue weighted by Crippen LogP contribution is 2.33. The predicted octanol–water partition coefficient (Wildman–Crippen LogP) is 0.586. The van der Waals surface area contributed by atoms with Gasteiger partial charge in [-0.1, -0.05) is 6.42 Å². The number of rotatable bonds is 8. The molecule has 3 rings (SSSR count). The van der Waals surface area contributed by atoms with Gasteiger partial charge in [-0.15, -0.1) is 0 Å². The maximum Gasteiger partial charge on any atom is 0.387 e. The fourth-order valence-electron chi connectivity index (χ4n) is 3.09. The van der Waals surface area contributed by atoms with Crippen molar-refractivity contribution in [3.8, 4) is 5.75 Å². The van der Waals surface area contributed by atoms with E-state index in [9.17, 15) is 23.2 Å². The first-order valence-corrected chi connectivity index (χ1v) is 9.18. The van der Waals surface area contributed by atoms with Crippen molar-refractivity contribution in [1.29, 1.82) is 0 Å². The number of amides is 3. The third-order valence-corrected chi connectivity index (χ3v) is 4.77. The molecule has 11 heteroatoms. The Hall–Kier alpha value is -2.79. The second kappa shape index (κ2) is 9.14. The molecule has 0 unspecified atom stereocenters. The number of primary amides is 1. The van der Waals surface area contributed by atoms with Crippen LogP contribution in [0.25, 0.3) is 0 Å². The van der Waals surface area contributed by atoms with E-state index in [-0.39, 0.29) is 42.9 Å². The van der Waals surface area contributed by atoms with Crippen molar-refractivity contribution >= 4 is 29.1 Å². The standard InChI is InChI=1S/C18H22F2N4O5/c19-18(20)29-13-8-11(4-5-12(13)24-6-7-28-9-14(24)25)23-17(27)15(16(21)26)22-10-2-1-3-10/h4-5,8,10,15,18,22H,1-3,6-7,9H2,(H2,21,26)(H,23,27)/t15-/m1/s1. The number of nitrogens with zero attached hydrogens (tertiary/aromatic N) is 1. The highest BCUT2D eigenvalue weighted by Gasteiger charge is 2.30.